The van der Waals surface area contributed by atoms with E-state index in [0.29, 0.717) is 0 Å². The minimum Gasteiger partial charge on any atom is -0.383 e. The van der Waals surface area contributed by atoms with Crippen molar-refractivity contribution in [2.45, 2.75) is 26.7 Å². The maximum absolute atomic E-state index is 11.6. The molecular weight excluding hydrogens is 200 g/mol. The van der Waals surface area contributed by atoms with Gasteiger partial charge in [0, 0.05) is 20.0 Å². The fourth-order valence-electron chi connectivity index (χ4n) is 2.09. The summed E-state index contributed by atoms with van der Waals surface area (Å²) in [5, 5.41) is 3.39. The van der Waals surface area contributed by atoms with Crippen molar-refractivity contribution in [3.8, 4) is 0 Å². The van der Waals surface area contributed by atoms with Crippen molar-refractivity contribution >= 4 is 17.3 Å². The lowest BCUT2D eigenvalue weighted by Gasteiger charge is -2.21. The molecule has 0 bridgehead atoms. The third-order valence-corrected chi connectivity index (χ3v) is 3.01. The molecular formula is C13H18N2O. The number of hydrogen-bond acceptors (Lipinski definition) is 2. The van der Waals surface area contributed by atoms with Crippen molar-refractivity contribution < 1.29 is 4.79 Å². The summed E-state index contributed by atoms with van der Waals surface area (Å²) in [4.78, 5) is 13.4. The first-order chi connectivity index (χ1) is 7.72. The average molecular weight is 218 g/mol. The van der Waals surface area contributed by atoms with Crippen LogP contribution in [0.3, 0.4) is 0 Å². The van der Waals surface area contributed by atoms with E-state index in [-0.39, 0.29) is 5.91 Å². The minimum absolute atomic E-state index is 0.120. The van der Waals surface area contributed by atoms with Crippen LogP contribution in [0.15, 0.2) is 18.2 Å². The van der Waals surface area contributed by atoms with Gasteiger partial charge in [-0.15, -0.1) is 0 Å². The van der Waals surface area contributed by atoms with Gasteiger partial charge in [-0.3, -0.25) is 4.79 Å². The quantitative estimate of drug-likeness (QED) is 0.785. The number of aryl methyl sites for hydroxylation is 1. The third-order valence-electron chi connectivity index (χ3n) is 3.01. The number of amides is 1. The van der Waals surface area contributed by atoms with Gasteiger partial charge in [0.25, 0.3) is 0 Å². The second-order valence-corrected chi connectivity index (χ2v) is 4.16. The Labute approximate surface area is 96.5 Å². The molecule has 2 rings (SSSR count). The van der Waals surface area contributed by atoms with E-state index in [1.165, 1.54) is 5.56 Å². The zero-order valence-electron chi connectivity index (χ0n) is 9.92. The number of hydrogen-bond donors (Lipinski definition) is 1. The first-order valence-electron chi connectivity index (χ1n) is 5.87. The van der Waals surface area contributed by atoms with Gasteiger partial charge in [-0.1, -0.05) is 13.0 Å². The molecule has 0 spiro atoms. The Morgan fingerprint density at radius 2 is 2.31 bits per heavy atom. The lowest BCUT2D eigenvalue weighted by molar-refractivity contribution is -0.116. The maximum Gasteiger partial charge on any atom is 0.223 e. The molecule has 0 radical (unpaired) electrons. The zero-order chi connectivity index (χ0) is 11.5. The van der Waals surface area contributed by atoms with Crippen LogP contribution in [0.25, 0.3) is 0 Å². The van der Waals surface area contributed by atoms with Gasteiger partial charge >= 0.3 is 0 Å². The molecule has 1 amide bonds. The normalized spacial score (nSPS) is 15.0. The third kappa shape index (κ3) is 2.03. The summed E-state index contributed by atoms with van der Waals surface area (Å²) in [6.45, 7) is 5.51. The molecule has 3 heteroatoms. The van der Waals surface area contributed by atoms with Crippen molar-refractivity contribution in [3.63, 3.8) is 0 Å². The van der Waals surface area contributed by atoms with E-state index in [2.05, 4.69) is 24.4 Å². The smallest absolute Gasteiger partial charge is 0.223 e. The van der Waals surface area contributed by atoms with Crippen LogP contribution in [0.2, 0.25) is 0 Å². The molecule has 1 aliphatic heterocycles. The second kappa shape index (κ2) is 4.56. The van der Waals surface area contributed by atoms with Gasteiger partial charge in [-0.05, 0) is 30.5 Å². The SMILES string of the molecule is CCc1ccc2c(c1)NCCCN2C(C)=O. The lowest BCUT2D eigenvalue weighted by atomic mass is 10.1. The van der Waals surface area contributed by atoms with Gasteiger partial charge in [0.2, 0.25) is 5.91 Å². The van der Waals surface area contributed by atoms with Crippen LogP contribution >= 0.6 is 0 Å². The number of benzene rings is 1. The standard InChI is InChI=1S/C13H18N2O/c1-3-11-5-6-13-12(9-11)14-7-4-8-15(13)10(2)16/h5-6,9,14H,3-4,7-8H2,1-2H3. The molecule has 1 aromatic carbocycles. The Morgan fingerprint density at radius 3 is 3.00 bits per heavy atom. The Kier molecular flexibility index (Phi) is 3.13. The summed E-state index contributed by atoms with van der Waals surface area (Å²) in [6, 6.07) is 6.30. The van der Waals surface area contributed by atoms with Gasteiger partial charge in [0.15, 0.2) is 0 Å². The van der Waals surface area contributed by atoms with Crippen molar-refractivity contribution in [2.24, 2.45) is 0 Å². The predicted molar refractivity (Wildman–Crippen MR) is 67.0 cm³/mol. The van der Waals surface area contributed by atoms with Crippen LogP contribution in [0.4, 0.5) is 11.4 Å². The van der Waals surface area contributed by atoms with Crippen LogP contribution in [0.5, 0.6) is 0 Å². The second-order valence-electron chi connectivity index (χ2n) is 4.16. The van der Waals surface area contributed by atoms with E-state index in [0.717, 1.165) is 37.3 Å². The number of anilines is 2. The van der Waals surface area contributed by atoms with Gasteiger partial charge < -0.3 is 10.2 Å². The molecule has 1 aliphatic rings. The average Bonchev–Trinajstić information content (AvgIpc) is 2.49. The summed E-state index contributed by atoms with van der Waals surface area (Å²) in [5.41, 5.74) is 3.41. The van der Waals surface area contributed by atoms with Crippen LogP contribution in [-0.4, -0.2) is 19.0 Å². The summed E-state index contributed by atoms with van der Waals surface area (Å²) < 4.78 is 0. The first kappa shape index (κ1) is 11.0. The summed E-state index contributed by atoms with van der Waals surface area (Å²) in [6.07, 6.45) is 2.02. The summed E-state index contributed by atoms with van der Waals surface area (Å²) in [7, 11) is 0. The molecule has 1 heterocycles. The van der Waals surface area contributed by atoms with Gasteiger partial charge in [0.1, 0.15) is 0 Å². The van der Waals surface area contributed by atoms with E-state index in [1.807, 2.05) is 11.0 Å². The first-order valence-corrected chi connectivity index (χ1v) is 5.87. The Hall–Kier alpha value is -1.51. The van der Waals surface area contributed by atoms with E-state index in [1.54, 1.807) is 6.92 Å². The molecule has 3 nitrogen and oxygen atoms in total. The number of carbonyl (C=O) groups excluding carboxylic acids is 1. The minimum atomic E-state index is 0.120. The highest BCUT2D eigenvalue weighted by Gasteiger charge is 2.17. The molecule has 86 valence electrons. The highest BCUT2D eigenvalue weighted by Crippen LogP contribution is 2.29. The molecule has 0 saturated carbocycles. The van der Waals surface area contributed by atoms with E-state index in [9.17, 15) is 4.79 Å². The van der Waals surface area contributed by atoms with Crippen molar-refractivity contribution in [1.29, 1.82) is 0 Å². The molecule has 16 heavy (non-hydrogen) atoms. The van der Waals surface area contributed by atoms with Gasteiger partial charge in [-0.25, -0.2) is 0 Å². The predicted octanol–water partition coefficient (Wildman–Crippen LogP) is 2.42. The van der Waals surface area contributed by atoms with Crippen molar-refractivity contribution in [2.75, 3.05) is 23.3 Å². The van der Waals surface area contributed by atoms with Crippen LogP contribution in [0, 0.1) is 0 Å². The number of nitrogens with zero attached hydrogens (tertiary/aromatic N) is 1. The molecule has 1 N–H and O–H groups in total. The molecule has 0 aromatic heterocycles. The Morgan fingerprint density at radius 1 is 1.50 bits per heavy atom. The number of rotatable bonds is 1. The van der Waals surface area contributed by atoms with E-state index >= 15 is 0 Å². The maximum atomic E-state index is 11.6. The molecule has 0 atom stereocenters. The molecule has 0 saturated heterocycles. The monoisotopic (exact) mass is 218 g/mol. The Balaban J connectivity index is 2.42. The fraction of sp³-hybridized carbons (Fsp3) is 0.462. The highest BCUT2D eigenvalue weighted by molar-refractivity contribution is 5.95. The van der Waals surface area contributed by atoms with Gasteiger partial charge in [0.05, 0.1) is 11.4 Å². The molecule has 0 fully saturated rings. The summed E-state index contributed by atoms with van der Waals surface area (Å²) in [5.74, 6) is 0.120. The zero-order valence-corrected chi connectivity index (χ0v) is 9.92. The number of carbonyl (C=O) groups is 1. The molecule has 1 aromatic rings. The topological polar surface area (TPSA) is 32.3 Å². The molecule has 0 aliphatic carbocycles. The van der Waals surface area contributed by atoms with Gasteiger partial charge in [-0.2, -0.15) is 0 Å². The lowest BCUT2D eigenvalue weighted by Crippen LogP contribution is -2.28. The van der Waals surface area contributed by atoms with Crippen molar-refractivity contribution in [3.05, 3.63) is 23.8 Å². The van der Waals surface area contributed by atoms with E-state index < -0.39 is 0 Å². The Bertz CT molecular complexity index is 401. The number of nitrogens with one attached hydrogen (secondary N) is 1. The van der Waals surface area contributed by atoms with Crippen LogP contribution in [-0.2, 0) is 11.2 Å². The summed E-state index contributed by atoms with van der Waals surface area (Å²) >= 11 is 0. The van der Waals surface area contributed by atoms with Crippen molar-refractivity contribution in [1.82, 2.24) is 0 Å². The molecule has 0 unspecified atom stereocenters. The van der Waals surface area contributed by atoms with Crippen LogP contribution < -0.4 is 10.2 Å². The largest absolute Gasteiger partial charge is 0.383 e. The fourth-order valence-corrected chi connectivity index (χ4v) is 2.09. The van der Waals surface area contributed by atoms with Crippen LogP contribution in [0.1, 0.15) is 25.8 Å². The number of fused-ring (bicyclic) bond motifs is 1. The van der Waals surface area contributed by atoms with E-state index in [4.69, 9.17) is 0 Å². The highest BCUT2D eigenvalue weighted by atomic mass is 16.2.